The van der Waals surface area contributed by atoms with Crippen molar-refractivity contribution >= 4 is 40.5 Å². The third kappa shape index (κ3) is 6.11. The number of hydrazine groups is 1. The quantitative estimate of drug-likeness (QED) is 0.235. The molecule has 0 saturated carbocycles. The van der Waals surface area contributed by atoms with Crippen molar-refractivity contribution in [3.8, 4) is 11.3 Å². The van der Waals surface area contributed by atoms with Gasteiger partial charge >= 0.3 is 0 Å². The summed E-state index contributed by atoms with van der Waals surface area (Å²) < 4.78 is 1.69. The first-order valence-electron chi connectivity index (χ1n) is 13.5. The van der Waals surface area contributed by atoms with Crippen LogP contribution in [0.4, 0.5) is 11.4 Å². The van der Waals surface area contributed by atoms with Crippen molar-refractivity contribution in [2.75, 3.05) is 23.0 Å². The van der Waals surface area contributed by atoms with Gasteiger partial charge in [0.15, 0.2) is 0 Å². The second-order valence-electron chi connectivity index (χ2n) is 10.2. The molecule has 11 heteroatoms. The first-order valence-corrected chi connectivity index (χ1v) is 14.3. The van der Waals surface area contributed by atoms with Gasteiger partial charge in [-0.1, -0.05) is 48.2 Å². The predicted molar refractivity (Wildman–Crippen MR) is 160 cm³/mol. The summed E-state index contributed by atoms with van der Waals surface area (Å²) in [6.07, 6.45) is 8.26. The molecule has 0 radical (unpaired) electrons. The van der Waals surface area contributed by atoms with Gasteiger partial charge in [-0.2, -0.15) is 0 Å². The van der Waals surface area contributed by atoms with E-state index >= 15 is 0 Å². The lowest BCUT2D eigenvalue weighted by atomic mass is 9.99. The summed E-state index contributed by atoms with van der Waals surface area (Å²) in [5.41, 5.74) is 8.95. The minimum Gasteiger partial charge on any atom is -0.388 e. The van der Waals surface area contributed by atoms with Crippen LogP contribution in [-0.4, -0.2) is 34.6 Å². The van der Waals surface area contributed by atoms with E-state index in [0.29, 0.717) is 28.5 Å². The molecule has 2 aliphatic rings. The maximum absolute atomic E-state index is 13.6. The Bertz CT molecular complexity index is 1470. The van der Waals surface area contributed by atoms with Crippen LogP contribution in [0.25, 0.3) is 11.3 Å². The summed E-state index contributed by atoms with van der Waals surface area (Å²) in [6.45, 7) is 1.49. The van der Waals surface area contributed by atoms with Crippen molar-refractivity contribution in [3.05, 3.63) is 87.2 Å². The molecular weight excluding hydrogens is 549 g/mol. The Morgan fingerprint density at radius 2 is 1.88 bits per heavy atom. The molecule has 2 bridgehead atoms. The van der Waals surface area contributed by atoms with Crippen LogP contribution in [0.1, 0.15) is 50.1 Å². The Labute approximate surface area is 243 Å². The number of amides is 1. The third-order valence-corrected chi connectivity index (χ3v) is 7.88. The van der Waals surface area contributed by atoms with E-state index in [4.69, 9.17) is 34.8 Å². The fourth-order valence-electron chi connectivity index (χ4n) is 5.63. The number of nitrogens with two attached hydrogens (primary N) is 2. The summed E-state index contributed by atoms with van der Waals surface area (Å²) in [7, 11) is 0. The highest BCUT2D eigenvalue weighted by Gasteiger charge is 2.31. The number of halogens is 2. The minimum absolute atomic E-state index is 0.00705. The number of nitrogens with zero attached hydrogens (tertiary/aromatic N) is 4. The normalized spacial score (nSPS) is 20.1. The van der Waals surface area contributed by atoms with Gasteiger partial charge in [0.25, 0.3) is 5.56 Å². The van der Waals surface area contributed by atoms with E-state index in [0.717, 1.165) is 56.3 Å². The molecule has 40 heavy (non-hydrogen) atoms. The molecular formula is C29H33Cl2N7O2. The van der Waals surface area contributed by atoms with Crippen LogP contribution in [0.5, 0.6) is 0 Å². The van der Waals surface area contributed by atoms with Gasteiger partial charge in [0, 0.05) is 35.4 Å². The first-order chi connectivity index (χ1) is 19.3. The molecule has 2 unspecified atom stereocenters. The number of hydrogen-bond donors (Lipinski definition) is 3. The molecule has 9 nitrogen and oxygen atoms in total. The summed E-state index contributed by atoms with van der Waals surface area (Å²) in [5.74, 6) is 6.25. The molecule has 3 aromatic rings. The van der Waals surface area contributed by atoms with E-state index in [1.54, 1.807) is 29.1 Å². The predicted octanol–water partition coefficient (Wildman–Crippen LogP) is 4.49. The Kier molecular flexibility index (Phi) is 8.63. The molecule has 0 aliphatic carbocycles. The minimum atomic E-state index is -0.205. The van der Waals surface area contributed by atoms with E-state index in [-0.39, 0.29) is 28.7 Å². The number of fused-ring (bicyclic) bond motifs is 4. The van der Waals surface area contributed by atoms with Crippen molar-refractivity contribution in [2.24, 2.45) is 11.6 Å². The number of nitrogens with one attached hydrogen (secondary N) is 1. The Morgan fingerprint density at radius 1 is 1.05 bits per heavy atom. The zero-order chi connectivity index (χ0) is 28.2. The summed E-state index contributed by atoms with van der Waals surface area (Å²) in [6, 6.07) is 14.4. The highest BCUT2D eigenvalue weighted by molar-refractivity contribution is 6.31. The van der Waals surface area contributed by atoms with Gasteiger partial charge in [-0.3, -0.25) is 19.2 Å². The number of carbonyl (C=O) groups excluding carboxylic acids is 1. The molecule has 3 heterocycles. The largest absolute Gasteiger partial charge is 0.388 e. The average molecular weight is 583 g/mol. The molecule has 2 atom stereocenters. The Morgan fingerprint density at radius 3 is 2.67 bits per heavy atom. The van der Waals surface area contributed by atoms with Crippen LogP contribution in [0.15, 0.2) is 71.0 Å². The van der Waals surface area contributed by atoms with Crippen LogP contribution in [0.2, 0.25) is 5.02 Å². The monoisotopic (exact) mass is 581 g/mol. The van der Waals surface area contributed by atoms with Crippen molar-refractivity contribution < 1.29 is 4.79 Å². The maximum Gasteiger partial charge on any atom is 0.254 e. The fourth-order valence-corrected chi connectivity index (χ4v) is 5.90. The molecule has 1 fully saturated rings. The van der Waals surface area contributed by atoms with E-state index in [1.807, 2.05) is 18.2 Å². The summed E-state index contributed by atoms with van der Waals surface area (Å²) in [4.78, 5) is 33.4. The SMILES string of the molecule is N/C(Cl)=C\N(N)c1ccc(Cl)cc1-c1cc(=O)n(C2CCCCCNC(=O)C3CCCN3c3cccc2c3)cn1. The van der Waals surface area contributed by atoms with Gasteiger partial charge in [0.1, 0.15) is 11.2 Å². The molecule has 210 valence electrons. The second kappa shape index (κ2) is 12.3. The summed E-state index contributed by atoms with van der Waals surface area (Å²) >= 11 is 12.1. The number of benzene rings is 2. The van der Waals surface area contributed by atoms with Crippen LogP contribution in [-0.2, 0) is 4.79 Å². The molecule has 1 aromatic heterocycles. The van der Waals surface area contributed by atoms with Gasteiger partial charge in [-0.15, -0.1) is 0 Å². The molecule has 5 N–H and O–H groups in total. The van der Waals surface area contributed by atoms with Crippen LogP contribution in [0.3, 0.4) is 0 Å². The highest BCUT2D eigenvalue weighted by atomic mass is 35.5. The highest BCUT2D eigenvalue weighted by Crippen LogP contribution is 2.33. The van der Waals surface area contributed by atoms with E-state index < -0.39 is 0 Å². The molecule has 1 saturated heterocycles. The molecule has 1 amide bonds. The Balaban J connectivity index is 1.53. The van der Waals surface area contributed by atoms with Crippen molar-refractivity contribution in [1.29, 1.82) is 0 Å². The Hall–Kier alpha value is -3.53. The van der Waals surface area contributed by atoms with Gasteiger partial charge in [-0.25, -0.2) is 10.8 Å². The lowest BCUT2D eigenvalue weighted by molar-refractivity contribution is -0.122. The van der Waals surface area contributed by atoms with Crippen molar-refractivity contribution in [2.45, 2.75) is 50.6 Å². The third-order valence-electron chi connectivity index (χ3n) is 7.54. The van der Waals surface area contributed by atoms with Crippen LogP contribution < -0.4 is 32.4 Å². The molecule has 0 spiro atoms. The maximum atomic E-state index is 13.6. The van der Waals surface area contributed by atoms with Gasteiger partial charge < -0.3 is 16.0 Å². The fraction of sp³-hybridized carbons (Fsp3) is 0.345. The topological polar surface area (TPSA) is 123 Å². The molecule has 2 aromatic carbocycles. The van der Waals surface area contributed by atoms with E-state index in [2.05, 4.69) is 21.3 Å². The van der Waals surface area contributed by atoms with Gasteiger partial charge in [0.05, 0.1) is 30.0 Å². The van der Waals surface area contributed by atoms with E-state index in [9.17, 15) is 9.59 Å². The number of carbonyl (C=O) groups is 1. The zero-order valence-electron chi connectivity index (χ0n) is 22.1. The van der Waals surface area contributed by atoms with Crippen LogP contribution >= 0.6 is 23.2 Å². The molecule has 5 rings (SSSR count). The second-order valence-corrected chi connectivity index (χ2v) is 11.1. The van der Waals surface area contributed by atoms with Crippen LogP contribution in [0, 0.1) is 0 Å². The van der Waals surface area contributed by atoms with Gasteiger partial charge in [-0.05, 0) is 61.6 Å². The van der Waals surface area contributed by atoms with E-state index in [1.165, 1.54) is 17.3 Å². The van der Waals surface area contributed by atoms with Crippen molar-refractivity contribution in [1.82, 2.24) is 14.9 Å². The number of hydrogen-bond acceptors (Lipinski definition) is 7. The lowest BCUT2D eigenvalue weighted by Gasteiger charge is -2.27. The smallest absolute Gasteiger partial charge is 0.254 e. The lowest BCUT2D eigenvalue weighted by Crippen LogP contribution is -2.43. The molecule has 2 aliphatic heterocycles. The number of anilines is 2. The average Bonchev–Trinajstić information content (AvgIpc) is 3.42. The standard InChI is InChI=1S/C29H33Cl2N7O2/c30-20-10-11-25(38(33)17-27(31)32)22(15-20)23-16-28(39)37(18-35-23)24-8-2-1-3-12-34-29(40)26-9-5-13-36(26)21-7-4-6-19(24)14-21/h4,6-7,10-11,14-18,24,26H,1-3,5,8-9,12-13,32-33H2,(H,34,40)/b27-17-. The number of rotatable bonds is 4. The first kappa shape index (κ1) is 28.0. The van der Waals surface area contributed by atoms with Crippen molar-refractivity contribution in [3.63, 3.8) is 0 Å². The summed E-state index contributed by atoms with van der Waals surface area (Å²) in [5, 5.41) is 4.87. The number of aromatic nitrogens is 2. The van der Waals surface area contributed by atoms with Gasteiger partial charge in [0.2, 0.25) is 5.91 Å². The zero-order valence-corrected chi connectivity index (χ0v) is 23.6.